The Kier molecular flexibility index (Phi) is 9.55. The average Bonchev–Trinajstić information content (AvgIpc) is 3.07. The van der Waals surface area contributed by atoms with E-state index in [1.165, 1.54) is 6.08 Å². The Labute approximate surface area is 189 Å². The molecule has 33 heavy (non-hydrogen) atoms. The van der Waals surface area contributed by atoms with Gasteiger partial charge < -0.3 is 4.74 Å². The first-order valence-corrected chi connectivity index (χ1v) is 11.1. The Morgan fingerprint density at radius 3 is 2.18 bits per heavy atom. The molecule has 0 saturated heterocycles. The molecular formula is C24H28F6O3. The molecule has 9 heteroatoms. The fraction of sp³-hybridized carbons (Fsp3) is 0.583. The van der Waals surface area contributed by atoms with Crippen LogP contribution in [-0.4, -0.2) is 18.4 Å². The lowest BCUT2D eigenvalue weighted by atomic mass is 9.89. The van der Waals surface area contributed by atoms with Crippen LogP contribution in [0.2, 0.25) is 0 Å². The maximum Gasteiger partial charge on any atom is 0.416 e. The van der Waals surface area contributed by atoms with E-state index in [9.17, 15) is 35.9 Å². The highest BCUT2D eigenvalue weighted by Gasteiger charge is 2.37. The number of ether oxygens (including phenoxy) is 1. The average molecular weight is 478 g/mol. The van der Waals surface area contributed by atoms with E-state index in [1.54, 1.807) is 13.0 Å². The summed E-state index contributed by atoms with van der Waals surface area (Å²) in [5, 5.41) is 0. The quantitative estimate of drug-likeness (QED) is 0.202. The Morgan fingerprint density at radius 2 is 1.61 bits per heavy atom. The topological polar surface area (TPSA) is 43.4 Å². The molecule has 184 valence electrons. The fourth-order valence-electron chi connectivity index (χ4n) is 4.07. The molecule has 1 aromatic carbocycles. The van der Waals surface area contributed by atoms with Gasteiger partial charge in [0.1, 0.15) is 5.78 Å². The Hall–Kier alpha value is -2.32. The molecule has 1 saturated carbocycles. The number of alkyl halides is 6. The van der Waals surface area contributed by atoms with E-state index < -0.39 is 23.5 Å². The molecule has 0 bridgehead atoms. The molecule has 0 N–H and O–H groups in total. The summed E-state index contributed by atoms with van der Waals surface area (Å²) in [6.07, 6.45) is -2.09. The number of esters is 1. The first kappa shape index (κ1) is 26.9. The normalized spacial score (nSPS) is 19.4. The third-order valence-electron chi connectivity index (χ3n) is 5.75. The molecule has 3 nitrogen and oxygen atoms in total. The molecule has 1 aliphatic rings. The Bertz CT molecular complexity index is 809. The van der Waals surface area contributed by atoms with E-state index in [-0.39, 0.29) is 35.2 Å². The van der Waals surface area contributed by atoms with Crippen molar-refractivity contribution >= 4 is 17.8 Å². The van der Waals surface area contributed by atoms with Gasteiger partial charge in [-0.2, -0.15) is 26.3 Å². The number of halogens is 6. The number of rotatable bonds is 10. The van der Waals surface area contributed by atoms with Crippen LogP contribution in [0, 0.1) is 11.8 Å². The highest BCUT2D eigenvalue weighted by Crippen LogP contribution is 2.38. The van der Waals surface area contributed by atoms with Gasteiger partial charge in [-0.3, -0.25) is 9.59 Å². The number of carbonyl (C=O) groups excluding carboxylic acids is 2. The first-order valence-electron chi connectivity index (χ1n) is 11.1. The predicted molar refractivity (Wildman–Crippen MR) is 111 cm³/mol. The fourth-order valence-corrected chi connectivity index (χ4v) is 4.07. The van der Waals surface area contributed by atoms with Crippen LogP contribution in [0.15, 0.2) is 24.3 Å². The SMILES string of the molecule is CCOC(=O)CCCCCC[C@@H]1C(=O)CC[C@H]1C=Cc1cc(C(F)(F)F)cc(C(F)(F)F)c1. The number of benzene rings is 1. The smallest absolute Gasteiger partial charge is 0.416 e. The van der Waals surface area contributed by atoms with Gasteiger partial charge in [-0.15, -0.1) is 0 Å². The number of hydrogen-bond acceptors (Lipinski definition) is 3. The summed E-state index contributed by atoms with van der Waals surface area (Å²) in [7, 11) is 0. The number of hydrogen-bond donors (Lipinski definition) is 0. The van der Waals surface area contributed by atoms with Crippen molar-refractivity contribution in [3.05, 3.63) is 41.0 Å². The molecular weight excluding hydrogens is 450 g/mol. The summed E-state index contributed by atoms with van der Waals surface area (Å²) in [6.45, 7) is 2.08. The zero-order valence-electron chi connectivity index (χ0n) is 18.4. The van der Waals surface area contributed by atoms with E-state index in [0.717, 1.165) is 19.3 Å². The number of ketones is 1. The standard InChI is InChI=1S/C24H28F6O3/c1-2-33-22(32)8-6-4-3-5-7-20-17(11-12-21(20)31)10-9-16-13-18(23(25,26)27)15-19(14-16)24(28,29)30/h9-10,13-15,17,20H,2-8,11-12H2,1H3/t17-,20+/m1/s1. The van der Waals surface area contributed by atoms with E-state index >= 15 is 0 Å². The third kappa shape index (κ3) is 8.51. The van der Waals surface area contributed by atoms with Gasteiger partial charge in [-0.1, -0.05) is 31.4 Å². The van der Waals surface area contributed by atoms with Crippen molar-refractivity contribution < 1.29 is 40.7 Å². The van der Waals surface area contributed by atoms with Gasteiger partial charge >= 0.3 is 18.3 Å². The summed E-state index contributed by atoms with van der Waals surface area (Å²) in [6, 6.07) is 1.46. The van der Waals surface area contributed by atoms with E-state index in [0.29, 0.717) is 50.8 Å². The molecule has 1 aliphatic carbocycles. The summed E-state index contributed by atoms with van der Waals surface area (Å²) < 4.78 is 83.1. The van der Waals surface area contributed by atoms with Crippen LogP contribution in [-0.2, 0) is 26.7 Å². The Balaban J connectivity index is 1.99. The highest BCUT2D eigenvalue weighted by atomic mass is 19.4. The lowest BCUT2D eigenvalue weighted by molar-refractivity contribution is -0.144. The highest BCUT2D eigenvalue weighted by molar-refractivity contribution is 5.84. The molecule has 1 aromatic rings. The van der Waals surface area contributed by atoms with Gasteiger partial charge in [-0.05, 0) is 55.9 Å². The second-order valence-corrected chi connectivity index (χ2v) is 8.23. The van der Waals surface area contributed by atoms with Gasteiger partial charge in [0.25, 0.3) is 0 Å². The maximum atomic E-state index is 13.0. The van der Waals surface area contributed by atoms with Crippen LogP contribution >= 0.6 is 0 Å². The number of Topliss-reactive ketones (excluding diaryl/α,β-unsaturated/α-hetero) is 1. The molecule has 0 heterocycles. The number of allylic oxidation sites excluding steroid dienone is 1. The lowest BCUT2D eigenvalue weighted by Crippen LogP contribution is -2.13. The van der Waals surface area contributed by atoms with Gasteiger partial charge in [-0.25, -0.2) is 0 Å². The number of carbonyl (C=O) groups is 2. The lowest BCUT2D eigenvalue weighted by Gasteiger charge is -2.16. The molecule has 2 atom stereocenters. The van der Waals surface area contributed by atoms with Gasteiger partial charge in [0.05, 0.1) is 17.7 Å². The molecule has 1 fully saturated rings. The molecule has 0 amide bonds. The van der Waals surface area contributed by atoms with Crippen LogP contribution in [0.3, 0.4) is 0 Å². The molecule has 0 unspecified atom stereocenters. The van der Waals surface area contributed by atoms with Crippen LogP contribution in [0.1, 0.15) is 75.0 Å². The molecule has 0 radical (unpaired) electrons. The molecule has 2 rings (SSSR count). The van der Waals surface area contributed by atoms with E-state index in [1.807, 2.05) is 0 Å². The van der Waals surface area contributed by atoms with Crippen molar-refractivity contribution in [2.45, 2.75) is 70.6 Å². The molecule has 0 aromatic heterocycles. The van der Waals surface area contributed by atoms with Crippen LogP contribution in [0.25, 0.3) is 6.08 Å². The van der Waals surface area contributed by atoms with Crippen molar-refractivity contribution in [2.75, 3.05) is 6.61 Å². The predicted octanol–water partition coefficient (Wildman–Crippen LogP) is 7.24. The second kappa shape index (κ2) is 11.7. The van der Waals surface area contributed by atoms with Gasteiger partial charge in [0, 0.05) is 18.8 Å². The van der Waals surface area contributed by atoms with Crippen molar-refractivity contribution in [2.24, 2.45) is 11.8 Å². The maximum absolute atomic E-state index is 13.0. The zero-order chi connectivity index (χ0) is 24.6. The zero-order valence-corrected chi connectivity index (χ0v) is 18.4. The Morgan fingerprint density at radius 1 is 1.00 bits per heavy atom. The summed E-state index contributed by atoms with van der Waals surface area (Å²) in [5.74, 6) is -0.687. The van der Waals surface area contributed by atoms with Crippen molar-refractivity contribution in [1.29, 1.82) is 0 Å². The minimum atomic E-state index is -4.90. The van der Waals surface area contributed by atoms with Crippen molar-refractivity contribution in [3.8, 4) is 0 Å². The second-order valence-electron chi connectivity index (χ2n) is 8.23. The van der Waals surface area contributed by atoms with Crippen LogP contribution in [0.5, 0.6) is 0 Å². The molecule has 0 aliphatic heterocycles. The van der Waals surface area contributed by atoms with Gasteiger partial charge in [0.15, 0.2) is 0 Å². The van der Waals surface area contributed by atoms with Crippen molar-refractivity contribution in [3.63, 3.8) is 0 Å². The largest absolute Gasteiger partial charge is 0.466 e. The minimum Gasteiger partial charge on any atom is -0.466 e. The molecule has 0 spiro atoms. The summed E-state index contributed by atoms with van der Waals surface area (Å²) in [5.41, 5.74) is -2.92. The van der Waals surface area contributed by atoms with Crippen LogP contribution < -0.4 is 0 Å². The monoisotopic (exact) mass is 478 g/mol. The van der Waals surface area contributed by atoms with E-state index in [2.05, 4.69) is 0 Å². The summed E-state index contributed by atoms with van der Waals surface area (Å²) >= 11 is 0. The summed E-state index contributed by atoms with van der Waals surface area (Å²) in [4.78, 5) is 23.6. The number of unbranched alkanes of at least 4 members (excludes halogenated alkanes) is 3. The van der Waals surface area contributed by atoms with Crippen molar-refractivity contribution in [1.82, 2.24) is 0 Å². The van der Waals surface area contributed by atoms with Crippen LogP contribution in [0.4, 0.5) is 26.3 Å². The minimum absolute atomic E-state index is 0.0659. The van der Waals surface area contributed by atoms with Gasteiger partial charge in [0.2, 0.25) is 0 Å². The first-order chi connectivity index (χ1) is 15.4. The third-order valence-corrected chi connectivity index (χ3v) is 5.75. The van der Waals surface area contributed by atoms with E-state index in [4.69, 9.17) is 4.74 Å².